The number of aryl methyl sites for hydroxylation is 1. The fourth-order valence-corrected chi connectivity index (χ4v) is 4.62. The number of alkyl halides is 3. The number of nitrogens with one attached hydrogen (secondary N) is 1. The van der Waals surface area contributed by atoms with E-state index in [1.807, 2.05) is 0 Å². The van der Waals surface area contributed by atoms with E-state index in [1.165, 1.54) is 19.1 Å². The van der Waals surface area contributed by atoms with Crippen molar-refractivity contribution in [1.29, 1.82) is 0 Å². The minimum atomic E-state index is -4.51. The number of Topliss-reactive ketones (excluding diaryl/α,β-unsaturated/α-hetero) is 1. The van der Waals surface area contributed by atoms with Crippen molar-refractivity contribution in [2.24, 2.45) is 0 Å². The van der Waals surface area contributed by atoms with Crippen LogP contribution < -0.4 is 4.74 Å². The fraction of sp³-hybridized carbons (Fsp3) is 0.417. The van der Waals surface area contributed by atoms with E-state index in [1.54, 1.807) is 24.4 Å². The van der Waals surface area contributed by atoms with E-state index < -0.39 is 29.9 Å². The van der Waals surface area contributed by atoms with Gasteiger partial charge in [-0.05, 0) is 31.0 Å². The van der Waals surface area contributed by atoms with Crippen LogP contribution in [0.3, 0.4) is 0 Å². The molecule has 0 unspecified atom stereocenters. The Morgan fingerprint density at radius 1 is 1.23 bits per heavy atom. The highest BCUT2D eigenvalue weighted by atomic mass is 19.4. The molecule has 1 aliphatic carbocycles. The van der Waals surface area contributed by atoms with Gasteiger partial charge in [0.1, 0.15) is 29.8 Å². The number of amides is 1. The van der Waals surface area contributed by atoms with E-state index in [9.17, 15) is 22.8 Å². The third-order valence-electron chi connectivity index (χ3n) is 6.41. The summed E-state index contributed by atoms with van der Waals surface area (Å²) in [7, 11) is 1.07. The summed E-state index contributed by atoms with van der Waals surface area (Å²) in [5, 5.41) is 6.70. The zero-order chi connectivity index (χ0) is 25.4. The Morgan fingerprint density at radius 2 is 1.97 bits per heavy atom. The molecule has 7 nitrogen and oxygen atoms in total. The van der Waals surface area contributed by atoms with E-state index in [0.29, 0.717) is 21.9 Å². The summed E-state index contributed by atoms with van der Waals surface area (Å²) in [6, 6.07) is 7.74. The van der Waals surface area contributed by atoms with Crippen molar-refractivity contribution in [1.82, 2.24) is 20.1 Å². The van der Waals surface area contributed by atoms with Crippen LogP contribution in [0.25, 0.3) is 11.0 Å². The third-order valence-corrected chi connectivity index (χ3v) is 6.41. The molecule has 1 N–H and O–H groups in total. The predicted molar refractivity (Wildman–Crippen MR) is 118 cm³/mol. The van der Waals surface area contributed by atoms with Crippen molar-refractivity contribution in [3.63, 3.8) is 0 Å². The summed E-state index contributed by atoms with van der Waals surface area (Å²) in [5.41, 5.74) is 0.820. The van der Waals surface area contributed by atoms with Crippen molar-refractivity contribution in [2.75, 3.05) is 13.6 Å². The number of nitrogens with zero attached hydrogens (tertiary/aromatic N) is 3. The fourth-order valence-electron chi connectivity index (χ4n) is 4.62. The first-order valence-electron chi connectivity index (χ1n) is 11.0. The summed E-state index contributed by atoms with van der Waals surface area (Å²) in [6.07, 6.45) is -3.15. The number of aromatic amines is 1. The van der Waals surface area contributed by atoms with E-state index in [2.05, 4.69) is 15.2 Å². The Balaban J connectivity index is 1.50. The van der Waals surface area contributed by atoms with Gasteiger partial charge in [-0.1, -0.05) is 12.1 Å². The normalized spacial score (nSPS) is 19.9. The summed E-state index contributed by atoms with van der Waals surface area (Å²) >= 11 is 0. The number of pyridine rings is 1. The molecule has 35 heavy (non-hydrogen) atoms. The second-order valence-corrected chi connectivity index (χ2v) is 8.88. The molecule has 0 atom stereocenters. The lowest BCUT2D eigenvalue weighted by atomic mass is 9.59. The van der Waals surface area contributed by atoms with Crippen LogP contribution in [-0.2, 0) is 21.4 Å². The Labute approximate surface area is 198 Å². The van der Waals surface area contributed by atoms with E-state index in [-0.39, 0.29) is 43.1 Å². The van der Waals surface area contributed by atoms with E-state index >= 15 is 4.39 Å². The van der Waals surface area contributed by atoms with Crippen LogP contribution in [0.4, 0.5) is 17.6 Å². The molecular weight excluding hydrogens is 468 g/mol. The zero-order valence-corrected chi connectivity index (χ0v) is 19.2. The number of carbonyl (C=O) groups excluding carboxylic acids is 2. The van der Waals surface area contributed by atoms with E-state index in [0.717, 1.165) is 12.6 Å². The molecule has 1 saturated carbocycles. The highest BCUT2D eigenvalue weighted by Crippen LogP contribution is 2.48. The molecule has 2 aromatic heterocycles. The second kappa shape index (κ2) is 9.27. The number of halogens is 4. The SMILES string of the molecule is CC(=O)C1(c2c(F)cccc2CCC(=O)N(C)CC(F)(F)F)CC(Oc2ccc3[nH]ncc3n2)C1. The number of ether oxygens (including phenoxy) is 1. The lowest BCUT2D eigenvalue weighted by Gasteiger charge is -2.46. The topological polar surface area (TPSA) is 88.2 Å². The molecule has 0 bridgehead atoms. The average Bonchev–Trinajstić information content (AvgIpc) is 3.21. The maximum absolute atomic E-state index is 15.1. The molecule has 0 saturated heterocycles. The minimum absolute atomic E-state index is 0.00733. The van der Waals surface area contributed by atoms with Crippen LogP contribution >= 0.6 is 0 Å². The number of rotatable bonds is 8. The molecular formula is C24H24F4N4O3. The Morgan fingerprint density at radius 3 is 2.66 bits per heavy atom. The molecule has 0 aliphatic heterocycles. The first kappa shape index (κ1) is 24.6. The Kier molecular flexibility index (Phi) is 6.52. The second-order valence-electron chi connectivity index (χ2n) is 8.88. The Bertz CT molecular complexity index is 1250. The van der Waals surface area contributed by atoms with Gasteiger partial charge >= 0.3 is 6.18 Å². The van der Waals surface area contributed by atoms with Gasteiger partial charge in [-0.2, -0.15) is 18.3 Å². The molecule has 0 radical (unpaired) electrons. The van der Waals surface area contributed by atoms with Crippen LogP contribution in [0, 0.1) is 5.82 Å². The maximum atomic E-state index is 15.1. The van der Waals surface area contributed by atoms with Gasteiger partial charge in [0.15, 0.2) is 0 Å². The van der Waals surface area contributed by atoms with Gasteiger partial charge in [0, 0.05) is 37.9 Å². The lowest BCUT2D eigenvalue weighted by Crippen LogP contribution is -2.53. The number of benzene rings is 1. The number of fused-ring (bicyclic) bond motifs is 1. The molecule has 0 spiro atoms. The van der Waals surface area contributed by atoms with Gasteiger partial charge in [-0.15, -0.1) is 0 Å². The van der Waals surface area contributed by atoms with Gasteiger partial charge in [0.25, 0.3) is 0 Å². The molecule has 3 aromatic rings. The van der Waals surface area contributed by atoms with Gasteiger partial charge < -0.3 is 9.64 Å². The predicted octanol–water partition coefficient (Wildman–Crippen LogP) is 4.12. The Hall–Kier alpha value is -3.50. The first-order valence-corrected chi connectivity index (χ1v) is 11.0. The molecule has 1 amide bonds. The van der Waals surface area contributed by atoms with Gasteiger partial charge in [0.05, 0.1) is 17.1 Å². The molecule has 186 valence electrons. The highest BCUT2D eigenvalue weighted by Gasteiger charge is 2.53. The molecule has 1 fully saturated rings. The van der Waals surface area contributed by atoms with Crippen LogP contribution in [0.15, 0.2) is 36.5 Å². The lowest BCUT2D eigenvalue weighted by molar-refractivity contribution is -0.158. The van der Waals surface area contributed by atoms with Crippen molar-refractivity contribution in [2.45, 2.75) is 50.3 Å². The molecule has 4 rings (SSSR count). The van der Waals surface area contributed by atoms with Crippen molar-refractivity contribution >= 4 is 22.7 Å². The van der Waals surface area contributed by atoms with Gasteiger partial charge in [-0.25, -0.2) is 9.37 Å². The van der Waals surface area contributed by atoms with Crippen molar-refractivity contribution in [3.05, 3.63) is 53.5 Å². The third kappa shape index (κ3) is 5.13. The summed E-state index contributed by atoms with van der Waals surface area (Å²) < 4.78 is 58.8. The minimum Gasteiger partial charge on any atom is -0.474 e. The number of H-pyrrole nitrogens is 1. The number of aromatic nitrogens is 3. The van der Waals surface area contributed by atoms with E-state index in [4.69, 9.17) is 4.74 Å². The first-order chi connectivity index (χ1) is 16.5. The number of hydrogen-bond donors (Lipinski definition) is 1. The van der Waals surface area contributed by atoms with Gasteiger partial charge in [0.2, 0.25) is 11.8 Å². The highest BCUT2D eigenvalue weighted by molar-refractivity contribution is 5.90. The van der Waals surface area contributed by atoms with Crippen LogP contribution in [0.5, 0.6) is 5.88 Å². The zero-order valence-electron chi connectivity index (χ0n) is 19.2. The standard InChI is InChI=1S/C24H24F4N4O3/c1-14(33)23(10-16(11-23)35-20-8-7-18-19(30-20)12-29-31-18)22-15(4-3-5-17(22)25)6-9-21(34)32(2)13-24(26,27)28/h3-5,7-8,12,16H,6,9-11,13H2,1-2H3,(H,29,31). The van der Waals surface area contributed by atoms with Crippen LogP contribution in [0.2, 0.25) is 0 Å². The van der Waals surface area contributed by atoms with Gasteiger partial charge in [-0.3, -0.25) is 14.7 Å². The molecule has 1 aliphatic rings. The summed E-state index contributed by atoms with van der Waals surface area (Å²) in [6.45, 7) is 0.0152. The van der Waals surface area contributed by atoms with Crippen molar-refractivity contribution < 1.29 is 31.9 Å². The largest absolute Gasteiger partial charge is 0.474 e. The average molecular weight is 492 g/mol. The number of ketones is 1. The maximum Gasteiger partial charge on any atom is 0.406 e. The number of hydrogen-bond acceptors (Lipinski definition) is 5. The van der Waals surface area contributed by atoms with Crippen molar-refractivity contribution in [3.8, 4) is 5.88 Å². The summed E-state index contributed by atoms with van der Waals surface area (Å²) in [4.78, 5) is 29.9. The monoisotopic (exact) mass is 492 g/mol. The van der Waals surface area contributed by atoms with Crippen LogP contribution in [-0.4, -0.2) is 57.6 Å². The molecule has 1 aromatic carbocycles. The van der Waals surface area contributed by atoms with Crippen LogP contribution in [0.1, 0.15) is 37.3 Å². The summed E-state index contributed by atoms with van der Waals surface area (Å²) in [5.74, 6) is -1.20. The molecule has 11 heteroatoms. The quantitative estimate of drug-likeness (QED) is 0.478. The number of carbonyl (C=O) groups is 2. The molecule has 2 heterocycles. The smallest absolute Gasteiger partial charge is 0.406 e.